The zero-order chi connectivity index (χ0) is 13.7. The number of hydrogen-bond donors (Lipinski definition) is 2. The number of carbonyl (C=O) groups excluding carboxylic acids is 1. The third kappa shape index (κ3) is 4.30. The summed E-state index contributed by atoms with van der Waals surface area (Å²) >= 11 is 5.85. The Labute approximate surface area is 117 Å². The van der Waals surface area contributed by atoms with Crippen molar-refractivity contribution in [3.63, 3.8) is 0 Å². The average Bonchev–Trinajstić information content (AvgIpc) is 2.36. The molecule has 0 atom stereocenters. The van der Waals surface area contributed by atoms with Crippen LogP contribution in [0.25, 0.3) is 0 Å². The highest BCUT2D eigenvalue weighted by atomic mass is 35.5. The molecule has 0 saturated heterocycles. The van der Waals surface area contributed by atoms with Gasteiger partial charge in [0, 0.05) is 17.3 Å². The van der Waals surface area contributed by atoms with Crippen LogP contribution in [0.15, 0.2) is 48.5 Å². The maximum atomic E-state index is 11.7. The summed E-state index contributed by atoms with van der Waals surface area (Å²) in [5, 5.41) is 6.13. The summed E-state index contributed by atoms with van der Waals surface area (Å²) in [6.07, 6.45) is 0. The Kier molecular flexibility index (Phi) is 4.42. The van der Waals surface area contributed by atoms with Crippen molar-refractivity contribution in [3.05, 3.63) is 64.7 Å². The van der Waals surface area contributed by atoms with Crippen molar-refractivity contribution < 1.29 is 4.79 Å². The first-order valence-electron chi connectivity index (χ1n) is 5.99. The topological polar surface area (TPSA) is 41.1 Å². The van der Waals surface area contributed by atoms with Crippen LogP contribution in [0, 0.1) is 6.92 Å². The molecule has 0 aliphatic heterocycles. The van der Waals surface area contributed by atoms with Gasteiger partial charge >= 0.3 is 6.03 Å². The summed E-state index contributed by atoms with van der Waals surface area (Å²) in [6.45, 7) is 2.52. The molecule has 0 spiro atoms. The van der Waals surface area contributed by atoms with Gasteiger partial charge in [0.15, 0.2) is 0 Å². The quantitative estimate of drug-likeness (QED) is 0.874. The predicted molar refractivity (Wildman–Crippen MR) is 78.5 cm³/mol. The lowest BCUT2D eigenvalue weighted by molar-refractivity contribution is 0.251. The van der Waals surface area contributed by atoms with Gasteiger partial charge in [-0.25, -0.2) is 4.79 Å². The van der Waals surface area contributed by atoms with Crippen molar-refractivity contribution in [2.24, 2.45) is 0 Å². The molecule has 0 fully saturated rings. The van der Waals surface area contributed by atoms with Crippen molar-refractivity contribution >= 4 is 23.3 Å². The minimum Gasteiger partial charge on any atom is -0.334 e. The van der Waals surface area contributed by atoms with Gasteiger partial charge in [0.2, 0.25) is 0 Å². The van der Waals surface area contributed by atoms with Crippen LogP contribution in [0.2, 0.25) is 5.02 Å². The number of carbonyl (C=O) groups is 1. The molecule has 0 aliphatic carbocycles. The fourth-order valence-corrected chi connectivity index (χ4v) is 1.94. The molecule has 0 saturated carbocycles. The van der Waals surface area contributed by atoms with Gasteiger partial charge in [0.05, 0.1) is 0 Å². The molecular formula is C15H15ClN2O. The van der Waals surface area contributed by atoms with Crippen LogP contribution in [0.4, 0.5) is 10.5 Å². The largest absolute Gasteiger partial charge is 0.334 e. The summed E-state index contributed by atoms with van der Waals surface area (Å²) in [7, 11) is 0. The highest BCUT2D eigenvalue weighted by Gasteiger charge is 2.02. The Balaban J connectivity index is 1.88. The van der Waals surface area contributed by atoms with Crippen molar-refractivity contribution in [2.75, 3.05) is 5.32 Å². The molecule has 2 rings (SSSR count). The molecule has 4 heteroatoms. The molecule has 0 bridgehead atoms. The van der Waals surface area contributed by atoms with Crippen LogP contribution in [-0.4, -0.2) is 6.03 Å². The monoisotopic (exact) mass is 274 g/mol. The van der Waals surface area contributed by atoms with E-state index in [0.29, 0.717) is 17.3 Å². The lowest BCUT2D eigenvalue weighted by Gasteiger charge is -2.08. The Morgan fingerprint density at radius 1 is 1.16 bits per heavy atom. The van der Waals surface area contributed by atoms with E-state index in [1.807, 2.05) is 31.2 Å². The molecule has 2 aromatic rings. The van der Waals surface area contributed by atoms with Gasteiger partial charge in [-0.2, -0.15) is 0 Å². The summed E-state index contributed by atoms with van der Waals surface area (Å²) in [6, 6.07) is 14.8. The van der Waals surface area contributed by atoms with Crippen molar-refractivity contribution in [1.29, 1.82) is 0 Å². The van der Waals surface area contributed by atoms with E-state index < -0.39 is 0 Å². The van der Waals surface area contributed by atoms with E-state index in [-0.39, 0.29) is 6.03 Å². The molecule has 19 heavy (non-hydrogen) atoms. The van der Waals surface area contributed by atoms with Gasteiger partial charge in [0.1, 0.15) is 0 Å². The summed E-state index contributed by atoms with van der Waals surface area (Å²) in [5.74, 6) is 0. The second kappa shape index (κ2) is 6.25. The first kappa shape index (κ1) is 13.4. The molecule has 0 aromatic heterocycles. The van der Waals surface area contributed by atoms with E-state index >= 15 is 0 Å². The van der Waals surface area contributed by atoms with Crippen molar-refractivity contribution in [3.8, 4) is 0 Å². The molecule has 0 unspecified atom stereocenters. The molecule has 0 radical (unpaired) electrons. The van der Waals surface area contributed by atoms with Crippen LogP contribution >= 0.6 is 11.6 Å². The number of nitrogens with one attached hydrogen (secondary N) is 2. The molecule has 0 aliphatic rings. The van der Waals surface area contributed by atoms with Crippen LogP contribution in [0.3, 0.4) is 0 Å². The van der Waals surface area contributed by atoms with Crippen LogP contribution in [-0.2, 0) is 6.54 Å². The number of halogens is 1. The van der Waals surface area contributed by atoms with E-state index in [4.69, 9.17) is 11.6 Å². The number of benzene rings is 2. The molecule has 98 valence electrons. The van der Waals surface area contributed by atoms with Gasteiger partial charge in [-0.05, 0) is 30.7 Å². The number of anilines is 1. The summed E-state index contributed by atoms with van der Waals surface area (Å²) < 4.78 is 0. The maximum absolute atomic E-state index is 11.7. The Morgan fingerprint density at radius 3 is 2.68 bits per heavy atom. The zero-order valence-corrected chi connectivity index (χ0v) is 11.4. The van der Waals surface area contributed by atoms with Crippen molar-refractivity contribution in [1.82, 2.24) is 5.32 Å². The summed E-state index contributed by atoms with van der Waals surface area (Å²) in [4.78, 5) is 11.7. The minimum atomic E-state index is -0.247. The van der Waals surface area contributed by atoms with E-state index in [0.717, 1.165) is 5.56 Å². The second-order valence-corrected chi connectivity index (χ2v) is 4.74. The van der Waals surface area contributed by atoms with Gasteiger partial charge in [-0.1, -0.05) is 47.5 Å². The lowest BCUT2D eigenvalue weighted by atomic mass is 10.1. The molecule has 2 aromatic carbocycles. The predicted octanol–water partition coefficient (Wildman–Crippen LogP) is 3.97. The van der Waals surface area contributed by atoms with E-state index in [9.17, 15) is 4.79 Å². The van der Waals surface area contributed by atoms with Gasteiger partial charge in [-0.3, -0.25) is 0 Å². The lowest BCUT2D eigenvalue weighted by Crippen LogP contribution is -2.28. The van der Waals surface area contributed by atoms with E-state index in [2.05, 4.69) is 10.6 Å². The molecule has 3 nitrogen and oxygen atoms in total. The first-order chi connectivity index (χ1) is 9.13. The van der Waals surface area contributed by atoms with E-state index in [1.165, 1.54) is 5.56 Å². The average molecular weight is 275 g/mol. The Hall–Kier alpha value is -2.00. The number of hydrogen-bond acceptors (Lipinski definition) is 1. The minimum absolute atomic E-state index is 0.247. The zero-order valence-electron chi connectivity index (χ0n) is 10.6. The van der Waals surface area contributed by atoms with Crippen LogP contribution in [0.5, 0.6) is 0 Å². The molecule has 2 amide bonds. The third-order valence-electron chi connectivity index (χ3n) is 2.62. The molecular weight excluding hydrogens is 260 g/mol. The van der Waals surface area contributed by atoms with Gasteiger partial charge in [-0.15, -0.1) is 0 Å². The molecule has 2 N–H and O–H groups in total. The van der Waals surface area contributed by atoms with Crippen LogP contribution < -0.4 is 10.6 Å². The Morgan fingerprint density at radius 2 is 1.95 bits per heavy atom. The SMILES string of the molecule is Cc1cccc(CNC(=O)Nc2cccc(Cl)c2)c1. The fourth-order valence-electron chi connectivity index (χ4n) is 1.75. The number of amides is 2. The highest BCUT2D eigenvalue weighted by molar-refractivity contribution is 6.30. The van der Waals surface area contributed by atoms with Crippen LogP contribution in [0.1, 0.15) is 11.1 Å². The number of urea groups is 1. The third-order valence-corrected chi connectivity index (χ3v) is 2.85. The fraction of sp³-hybridized carbons (Fsp3) is 0.133. The van der Waals surface area contributed by atoms with E-state index in [1.54, 1.807) is 24.3 Å². The number of aryl methyl sites for hydroxylation is 1. The van der Waals surface area contributed by atoms with Gasteiger partial charge < -0.3 is 10.6 Å². The second-order valence-electron chi connectivity index (χ2n) is 4.31. The smallest absolute Gasteiger partial charge is 0.319 e. The Bertz CT molecular complexity index is 584. The van der Waals surface area contributed by atoms with Gasteiger partial charge in [0.25, 0.3) is 0 Å². The summed E-state index contributed by atoms with van der Waals surface area (Å²) in [5.41, 5.74) is 2.92. The normalized spacial score (nSPS) is 10.0. The highest BCUT2D eigenvalue weighted by Crippen LogP contribution is 2.14. The maximum Gasteiger partial charge on any atom is 0.319 e. The molecule has 0 heterocycles. The van der Waals surface area contributed by atoms with Crippen molar-refractivity contribution in [2.45, 2.75) is 13.5 Å². The first-order valence-corrected chi connectivity index (χ1v) is 6.37. The number of rotatable bonds is 3. The standard InChI is InChI=1S/C15H15ClN2O/c1-11-4-2-5-12(8-11)10-17-15(19)18-14-7-3-6-13(16)9-14/h2-9H,10H2,1H3,(H2,17,18,19).